The molecule has 146 valence electrons. The summed E-state index contributed by atoms with van der Waals surface area (Å²) in [6, 6.07) is 0. The fourth-order valence-electron chi connectivity index (χ4n) is 1.83. The van der Waals surface area contributed by atoms with Crippen LogP contribution < -0.4 is 10.6 Å². The second-order valence-electron chi connectivity index (χ2n) is 5.13. The van der Waals surface area contributed by atoms with E-state index in [0.717, 1.165) is 50.4 Å². The number of hydrogen-bond donors (Lipinski definition) is 2. The van der Waals surface area contributed by atoms with Crippen molar-refractivity contribution in [1.82, 2.24) is 8.75 Å². The van der Waals surface area contributed by atoms with E-state index < -0.39 is 0 Å². The number of nitrogens with one attached hydrogen (secondary N) is 2. The summed E-state index contributed by atoms with van der Waals surface area (Å²) in [4.78, 5) is 21.7. The predicted octanol–water partition coefficient (Wildman–Crippen LogP) is 4.93. The quantitative estimate of drug-likeness (QED) is 0.506. The zero-order valence-electron chi connectivity index (χ0n) is 16.8. The third-order valence-corrected chi connectivity index (χ3v) is 3.51. The summed E-state index contributed by atoms with van der Waals surface area (Å²) in [6.07, 6.45) is 4.95. The molecule has 0 atom stereocenters. The molecule has 0 aliphatic heterocycles. The summed E-state index contributed by atoms with van der Waals surface area (Å²) in [6.45, 7) is 12.8. The van der Waals surface area contributed by atoms with Crippen LogP contribution in [0, 0.1) is 0 Å². The highest BCUT2D eigenvalue weighted by Gasteiger charge is 2.06. The van der Waals surface area contributed by atoms with Gasteiger partial charge in [0, 0.05) is 25.9 Å². The van der Waals surface area contributed by atoms with Crippen molar-refractivity contribution in [1.29, 1.82) is 0 Å². The lowest BCUT2D eigenvalue weighted by Gasteiger charge is -2.06. The topological polar surface area (TPSA) is 84.0 Å². The van der Waals surface area contributed by atoms with Gasteiger partial charge in [0.2, 0.25) is 0 Å². The lowest BCUT2D eigenvalue weighted by molar-refractivity contribution is -0.117. The molecule has 0 aromatic carbocycles. The Morgan fingerprint density at radius 1 is 0.760 bits per heavy atom. The first-order valence-electron chi connectivity index (χ1n) is 9.38. The third kappa shape index (κ3) is 15.8. The molecular formula is C18H36N4O2S. The van der Waals surface area contributed by atoms with Gasteiger partial charge in [0.05, 0.1) is 11.7 Å². The summed E-state index contributed by atoms with van der Waals surface area (Å²) in [5.41, 5.74) is 0. The lowest BCUT2D eigenvalue weighted by atomic mass is 10.2. The van der Waals surface area contributed by atoms with Gasteiger partial charge in [-0.2, -0.15) is 8.75 Å². The highest BCUT2D eigenvalue weighted by atomic mass is 32.1. The van der Waals surface area contributed by atoms with Crippen molar-refractivity contribution in [3.63, 3.8) is 0 Å². The Bertz CT molecular complexity index is 412. The molecular weight excluding hydrogens is 336 g/mol. The minimum atomic E-state index is 0.234. The molecule has 0 spiro atoms. The number of nitrogens with zero attached hydrogens (tertiary/aromatic N) is 2. The minimum Gasteiger partial charge on any atom is -0.366 e. The van der Waals surface area contributed by atoms with Gasteiger partial charge in [0.1, 0.15) is 11.6 Å². The largest absolute Gasteiger partial charge is 0.366 e. The van der Waals surface area contributed by atoms with E-state index in [-0.39, 0.29) is 11.6 Å². The first-order valence-corrected chi connectivity index (χ1v) is 10.1. The monoisotopic (exact) mass is 372 g/mol. The highest BCUT2D eigenvalue weighted by Crippen LogP contribution is 2.18. The molecule has 0 fully saturated rings. The van der Waals surface area contributed by atoms with Crippen LogP contribution in [0.4, 0.5) is 11.6 Å². The number of carbonyl (C=O) groups is 2. The molecule has 0 saturated heterocycles. The molecule has 0 bridgehead atoms. The lowest BCUT2D eigenvalue weighted by Crippen LogP contribution is -2.08. The van der Waals surface area contributed by atoms with Gasteiger partial charge in [-0.3, -0.25) is 0 Å². The predicted molar refractivity (Wildman–Crippen MR) is 109 cm³/mol. The first-order chi connectivity index (χ1) is 12.1. The average Bonchev–Trinajstić information content (AvgIpc) is 3.05. The van der Waals surface area contributed by atoms with E-state index in [1.165, 1.54) is 11.7 Å². The zero-order valence-corrected chi connectivity index (χ0v) is 17.6. The van der Waals surface area contributed by atoms with Crippen molar-refractivity contribution in [2.75, 3.05) is 23.7 Å². The molecule has 1 heterocycles. The first kappa shape index (κ1) is 25.7. The molecule has 6 nitrogen and oxygen atoms in total. The molecule has 0 radical (unpaired) electrons. The normalized spacial score (nSPS) is 9.20. The van der Waals surface area contributed by atoms with Crippen LogP contribution in [-0.4, -0.2) is 33.4 Å². The van der Waals surface area contributed by atoms with Gasteiger partial charge in [0.15, 0.2) is 11.6 Å². The summed E-state index contributed by atoms with van der Waals surface area (Å²) in [5.74, 6) is 2.01. The number of ketones is 2. The minimum absolute atomic E-state index is 0.234. The number of unbranched alkanes of at least 4 members (excludes halogenated alkanes) is 2. The molecule has 0 saturated carbocycles. The maximum absolute atomic E-state index is 10.8. The van der Waals surface area contributed by atoms with E-state index in [4.69, 9.17) is 0 Å². The van der Waals surface area contributed by atoms with Crippen LogP contribution in [0.3, 0.4) is 0 Å². The molecule has 0 amide bonds. The van der Waals surface area contributed by atoms with Gasteiger partial charge in [-0.1, -0.05) is 27.7 Å². The summed E-state index contributed by atoms with van der Waals surface area (Å²) in [7, 11) is 0. The molecule has 0 aliphatic carbocycles. The van der Waals surface area contributed by atoms with Gasteiger partial charge in [0.25, 0.3) is 0 Å². The Labute approximate surface area is 157 Å². The molecule has 7 heteroatoms. The Morgan fingerprint density at radius 3 is 1.44 bits per heavy atom. The zero-order chi connectivity index (χ0) is 19.5. The third-order valence-electron chi connectivity index (χ3n) is 2.98. The van der Waals surface area contributed by atoms with Crippen LogP contribution in [0.15, 0.2) is 0 Å². The SMILES string of the molecule is CC.CC.CC(=O)CCCCNc1nsnc1NCCCCC(C)=O. The maximum atomic E-state index is 10.8. The standard InChI is InChI=1S/C14H24N4O2S.2C2H6/c1-11(19)7-3-5-9-15-13-14(18-21-17-13)16-10-6-4-8-12(2)20;2*1-2/h3-10H2,1-2H3,(H,15,17)(H,16,18);2*1-2H3. The second kappa shape index (κ2) is 18.8. The van der Waals surface area contributed by atoms with Crippen molar-refractivity contribution in [3.8, 4) is 0 Å². The Balaban J connectivity index is 0. The molecule has 25 heavy (non-hydrogen) atoms. The molecule has 0 unspecified atom stereocenters. The van der Waals surface area contributed by atoms with Crippen LogP contribution in [0.25, 0.3) is 0 Å². The number of aromatic nitrogens is 2. The van der Waals surface area contributed by atoms with E-state index in [0.29, 0.717) is 12.8 Å². The van der Waals surface area contributed by atoms with Gasteiger partial charge in [-0.25, -0.2) is 0 Å². The van der Waals surface area contributed by atoms with E-state index in [9.17, 15) is 9.59 Å². The van der Waals surface area contributed by atoms with E-state index in [2.05, 4.69) is 19.4 Å². The summed E-state index contributed by atoms with van der Waals surface area (Å²) >= 11 is 1.17. The number of hydrogen-bond acceptors (Lipinski definition) is 7. The molecule has 0 aliphatic rings. The number of carbonyl (C=O) groups excluding carboxylic acids is 2. The highest BCUT2D eigenvalue weighted by molar-refractivity contribution is 6.99. The fraction of sp³-hybridized carbons (Fsp3) is 0.778. The fourth-order valence-corrected chi connectivity index (χ4v) is 2.34. The van der Waals surface area contributed by atoms with Gasteiger partial charge >= 0.3 is 0 Å². The maximum Gasteiger partial charge on any atom is 0.184 e. The average molecular weight is 373 g/mol. The van der Waals surface area contributed by atoms with Gasteiger partial charge in [-0.15, -0.1) is 0 Å². The summed E-state index contributed by atoms with van der Waals surface area (Å²) in [5, 5.41) is 6.47. The second-order valence-corrected chi connectivity index (χ2v) is 5.66. The number of Topliss-reactive ketones (excluding diaryl/α,β-unsaturated/α-hetero) is 2. The van der Waals surface area contributed by atoms with Gasteiger partial charge < -0.3 is 20.2 Å². The smallest absolute Gasteiger partial charge is 0.184 e. The van der Waals surface area contributed by atoms with Crippen LogP contribution in [-0.2, 0) is 9.59 Å². The van der Waals surface area contributed by atoms with E-state index in [1.54, 1.807) is 13.8 Å². The van der Waals surface area contributed by atoms with Crippen LogP contribution >= 0.6 is 11.7 Å². The van der Waals surface area contributed by atoms with Crippen molar-refractivity contribution in [2.24, 2.45) is 0 Å². The number of anilines is 2. The van der Waals surface area contributed by atoms with Crippen LogP contribution in [0.2, 0.25) is 0 Å². The molecule has 1 aromatic heterocycles. The number of rotatable bonds is 12. The molecule has 2 N–H and O–H groups in total. The van der Waals surface area contributed by atoms with Crippen molar-refractivity contribution in [3.05, 3.63) is 0 Å². The Kier molecular flexibility index (Phi) is 19.4. The van der Waals surface area contributed by atoms with Crippen molar-refractivity contribution < 1.29 is 9.59 Å². The molecule has 1 aromatic rings. The van der Waals surface area contributed by atoms with Crippen molar-refractivity contribution >= 4 is 34.9 Å². The van der Waals surface area contributed by atoms with Crippen LogP contribution in [0.5, 0.6) is 0 Å². The van der Waals surface area contributed by atoms with Crippen molar-refractivity contribution in [2.45, 2.75) is 80.1 Å². The van der Waals surface area contributed by atoms with E-state index in [1.807, 2.05) is 27.7 Å². The van der Waals surface area contributed by atoms with E-state index >= 15 is 0 Å². The Hall–Kier alpha value is -1.50. The summed E-state index contributed by atoms with van der Waals surface area (Å²) < 4.78 is 8.42. The van der Waals surface area contributed by atoms with Crippen LogP contribution in [0.1, 0.15) is 80.1 Å². The van der Waals surface area contributed by atoms with Gasteiger partial charge in [-0.05, 0) is 39.5 Å². The molecule has 1 rings (SSSR count). The Morgan fingerprint density at radius 2 is 1.12 bits per heavy atom.